The highest BCUT2D eigenvalue weighted by atomic mass is 16.7. The number of hydrogen-bond acceptors (Lipinski definition) is 4. The fourth-order valence-corrected chi connectivity index (χ4v) is 2.32. The summed E-state index contributed by atoms with van der Waals surface area (Å²) in [5.74, 6) is -0.789. The molecule has 0 bridgehead atoms. The van der Waals surface area contributed by atoms with Crippen LogP contribution in [0.15, 0.2) is 48.6 Å². The Labute approximate surface area is 131 Å². The normalized spacial score (nSPS) is 16.5. The summed E-state index contributed by atoms with van der Waals surface area (Å²) in [7, 11) is 0. The molecule has 2 rings (SSSR count). The number of aliphatic hydroxyl groups excluding tert-OH is 2. The van der Waals surface area contributed by atoms with Gasteiger partial charge >= 0.3 is 0 Å². The molecular formula is C18H24O4. The van der Waals surface area contributed by atoms with E-state index >= 15 is 0 Å². The predicted molar refractivity (Wildman–Crippen MR) is 86.2 cm³/mol. The van der Waals surface area contributed by atoms with Crippen LogP contribution in [0.1, 0.15) is 24.8 Å². The zero-order valence-corrected chi connectivity index (χ0v) is 12.8. The van der Waals surface area contributed by atoms with Gasteiger partial charge in [0, 0.05) is 19.6 Å². The van der Waals surface area contributed by atoms with Crippen molar-refractivity contribution in [3.05, 3.63) is 54.1 Å². The molecule has 0 atom stereocenters. The molecule has 0 aliphatic heterocycles. The maximum Gasteiger partial charge on any atom is 0.191 e. The first-order chi connectivity index (χ1) is 10.8. The first-order valence-corrected chi connectivity index (χ1v) is 7.74. The summed E-state index contributed by atoms with van der Waals surface area (Å²) >= 11 is 0. The molecule has 22 heavy (non-hydrogen) atoms. The number of hydrogen-bond donors (Lipinski definition) is 2. The lowest BCUT2D eigenvalue weighted by Crippen LogP contribution is -2.35. The second kappa shape index (κ2) is 8.86. The van der Waals surface area contributed by atoms with Crippen LogP contribution >= 0.6 is 0 Å². The first-order valence-electron chi connectivity index (χ1n) is 7.74. The molecule has 0 saturated carbocycles. The molecule has 0 unspecified atom stereocenters. The fraction of sp³-hybridized carbons (Fsp3) is 0.444. The van der Waals surface area contributed by atoms with Crippen molar-refractivity contribution in [1.29, 1.82) is 0 Å². The van der Waals surface area contributed by atoms with Gasteiger partial charge in [-0.15, -0.1) is 0 Å². The molecule has 0 heterocycles. The molecule has 1 aliphatic carbocycles. The highest BCUT2D eigenvalue weighted by Crippen LogP contribution is 2.30. The van der Waals surface area contributed by atoms with E-state index in [9.17, 15) is 0 Å². The van der Waals surface area contributed by atoms with Gasteiger partial charge in [-0.1, -0.05) is 42.5 Å². The summed E-state index contributed by atoms with van der Waals surface area (Å²) in [6, 6.07) is 10.2. The summed E-state index contributed by atoms with van der Waals surface area (Å²) in [5, 5.41) is 17.8. The van der Waals surface area contributed by atoms with Crippen LogP contribution in [0.4, 0.5) is 0 Å². The van der Waals surface area contributed by atoms with Gasteiger partial charge in [-0.05, 0) is 30.1 Å². The van der Waals surface area contributed by atoms with Crippen molar-refractivity contribution >= 4 is 5.57 Å². The molecule has 1 aliphatic rings. The molecule has 4 heteroatoms. The van der Waals surface area contributed by atoms with Gasteiger partial charge in [0.15, 0.2) is 5.79 Å². The molecule has 0 spiro atoms. The van der Waals surface area contributed by atoms with Gasteiger partial charge in [0.1, 0.15) is 0 Å². The van der Waals surface area contributed by atoms with Crippen LogP contribution in [0.3, 0.4) is 0 Å². The molecule has 120 valence electrons. The third kappa shape index (κ3) is 4.78. The average Bonchev–Trinajstić information content (AvgIpc) is 2.57. The second-order valence-corrected chi connectivity index (χ2v) is 5.23. The van der Waals surface area contributed by atoms with Crippen LogP contribution in [0.25, 0.3) is 5.57 Å². The van der Waals surface area contributed by atoms with Crippen molar-refractivity contribution in [2.45, 2.75) is 25.0 Å². The molecule has 0 aromatic heterocycles. The van der Waals surface area contributed by atoms with E-state index in [0.717, 1.165) is 11.1 Å². The zero-order valence-electron chi connectivity index (χ0n) is 12.8. The minimum absolute atomic E-state index is 0.0987. The Hall–Kier alpha value is -1.46. The van der Waals surface area contributed by atoms with E-state index in [1.165, 1.54) is 0 Å². The highest BCUT2D eigenvalue weighted by Gasteiger charge is 2.30. The monoisotopic (exact) mass is 304 g/mol. The van der Waals surface area contributed by atoms with E-state index in [1.54, 1.807) is 0 Å². The van der Waals surface area contributed by atoms with Crippen molar-refractivity contribution in [1.82, 2.24) is 0 Å². The summed E-state index contributed by atoms with van der Waals surface area (Å²) in [6.07, 6.45) is 7.82. The Kier molecular flexibility index (Phi) is 6.80. The molecular weight excluding hydrogens is 280 g/mol. The minimum Gasteiger partial charge on any atom is -0.396 e. The van der Waals surface area contributed by atoms with E-state index in [4.69, 9.17) is 19.7 Å². The molecule has 0 fully saturated rings. The third-order valence-corrected chi connectivity index (χ3v) is 3.53. The number of benzene rings is 1. The SMILES string of the molecule is OCCCOC1(OCCCO)C=CC(c2ccccc2)=CC1. The lowest BCUT2D eigenvalue weighted by atomic mass is 9.96. The Bertz CT molecular complexity index is 483. The predicted octanol–water partition coefficient (Wildman–Crippen LogP) is 2.52. The van der Waals surface area contributed by atoms with Crippen molar-refractivity contribution < 1.29 is 19.7 Å². The zero-order chi connectivity index (χ0) is 15.7. The molecule has 4 nitrogen and oxygen atoms in total. The number of allylic oxidation sites excluding steroid dienone is 2. The topological polar surface area (TPSA) is 58.9 Å². The van der Waals surface area contributed by atoms with E-state index in [1.807, 2.05) is 30.4 Å². The van der Waals surface area contributed by atoms with Gasteiger partial charge in [-0.3, -0.25) is 0 Å². The maximum atomic E-state index is 8.90. The van der Waals surface area contributed by atoms with Gasteiger partial charge in [0.2, 0.25) is 0 Å². The molecule has 2 N–H and O–H groups in total. The Morgan fingerprint density at radius 2 is 1.59 bits per heavy atom. The standard InChI is InChI=1S/C18H24O4/c19-12-4-14-21-18(22-15-5-13-20)10-8-17(9-11-18)16-6-2-1-3-7-16/h1-3,6-10,19-20H,4-5,11-15H2. The number of aliphatic hydroxyl groups is 2. The Morgan fingerprint density at radius 3 is 2.09 bits per heavy atom. The Morgan fingerprint density at radius 1 is 0.955 bits per heavy atom. The van der Waals surface area contributed by atoms with E-state index < -0.39 is 5.79 Å². The van der Waals surface area contributed by atoms with Crippen LogP contribution in [0, 0.1) is 0 Å². The Balaban J connectivity index is 2.02. The number of rotatable bonds is 9. The van der Waals surface area contributed by atoms with E-state index in [-0.39, 0.29) is 13.2 Å². The van der Waals surface area contributed by atoms with Crippen molar-refractivity contribution in [2.75, 3.05) is 26.4 Å². The molecule has 0 radical (unpaired) electrons. The molecule has 1 aromatic rings. The molecule has 0 amide bonds. The van der Waals surface area contributed by atoms with Crippen LogP contribution in [0.2, 0.25) is 0 Å². The second-order valence-electron chi connectivity index (χ2n) is 5.23. The summed E-state index contributed by atoms with van der Waals surface area (Å²) < 4.78 is 11.7. The first kappa shape index (κ1) is 16.9. The van der Waals surface area contributed by atoms with Crippen molar-refractivity contribution in [2.24, 2.45) is 0 Å². The summed E-state index contributed by atoms with van der Waals surface area (Å²) in [4.78, 5) is 0. The maximum absolute atomic E-state index is 8.90. The van der Waals surface area contributed by atoms with E-state index in [0.29, 0.717) is 32.5 Å². The average molecular weight is 304 g/mol. The third-order valence-electron chi connectivity index (χ3n) is 3.53. The van der Waals surface area contributed by atoms with Crippen LogP contribution in [0.5, 0.6) is 0 Å². The summed E-state index contributed by atoms with van der Waals surface area (Å²) in [5.41, 5.74) is 2.31. The summed E-state index contributed by atoms with van der Waals surface area (Å²) in [6.45, 7) is 1.08. The lowest BCUT2D eigenvalue weighted by Gasteiger charge is -2.32. The smallest absolute Gasteiger partial charge is 0.191 e. The largest absolute Gasteiger partial charge is 0.396 e. The van der Waals surface area contributed by atoms with Crippen LogP contribution in [-0.2, 0) is 9.47 Å². The molecule has 0 saturated heterocycles. The van der Waals surface area contributed by atoms with Crippen LogP contribution in [-0.4, -0.2) is 42.4 Å². The van der Waals surface area contributed by atoms with Gasteiger partial charge < -0.3 is 19.7 Å². The minimum atomic E-state index is -0.789. The van der Waals surface area contributed by atoms with Crippen LogP contribution < -0.4 is 0 Å². The van der Waals surface area contributed by atoms with E-state index in [2.05, 4.69) is 18.2 Å². The quantitative estimate of drug-likeness (QED) is 0.544. The number of ether oxygens (including phenoxy) is 2. The fourth-order valence-electron chi connectivity index (χ4n) is 2.32. The van der Waals surface area contributed by atoms with Crippen molar-refractivity contribution in [3.63, 3.8) is 0 Å². The van der Waals surface area contributed by atoms with Gasteiger partial charge in [0.05, 0.1) is 13.2 Å². The van der Waals surface area contributed by atoms with Gasteiger partial charge in [0.25, 0.3) is 0 Å². The van der Waals surface area contributed by atoms with Gasteiger partial charge in [-0.2, -0.15) is 0 Å². The highest BCUT2D eigenvalue weighted by molar-refractivity contribution is 5.75. The van der Waals surface area contributed by atoms with Gasteiger partial charge in [-0.25, -0.2) is 0 Å². The van der Waals surface area contributed by atoms with Crippen molar-refractivity contribution in [3.8, 4) is 0 Å². The molecule has 1 aromatic carbocycles. The lowest BCUT2D eigenvalue weighted by molar-refractivity contribution is -0.204.